The van der Waals surface area contributed by atoms with Gasteiger partial charge in [-0.25, -0.2) is 0 Å². The van der Waals surface area contributed by atoms with Crippen molar-refractivity contribution in [3.8, 4) is 0 Å². The summed E-state index contributed by atoms with van der Waals surface area (Å²) in [5.41, 5.74) is 6.02. The number of benzene rings is 1. The molecule has 1 aliphatic rings. The van der Waals surface area contributed by atoms with E-state index in [-0.39, 0.29) is 24.5 Å². The summed E-state index contributed by atoms with van der Waals surface area (Å²) in [4.78, 5) is 27.6. The van der Waals surface area contributed by atoms with E-state index >= 15 is 0 Å². The van der Waals surface area contributed by atoms with E-state index in [1.807, 2.05) is 44.2 Å². The van der Waals surface area contributed by atoms with Crippen LogP contribution in [0.3, 0.4) is 0 Å². The van der Waals surface area contributed by atoms with Gasteiger partial charge >= 0.3 is 0 Å². The zero-order valence-electron chi connectivity index (χ0n) is 13.8. The maximum Gasteiger partial charge on any atom is 0.241 e. The van der Waals surface area contributed by atoms with Crippen LogP contribution in [0.25, 0.3) is 0 Å². The molecule has 0 spiro atoms. The summed E-state index contributed by atoms with van der Waals surface area (Å²) in [6.45, 7) is 6.09. The average Bonchev–Trinajstić information content (AvgIpc) is 2.47. The van der Waals surface area contributed by atoms with Crippen LogP contribution in [0, 0.1) is 0 Å². The van der Waals surface area contributed by atoms with Crippen molar-refractivity contribution in [2.75, 3.05) is 31.1 Å². The summed E-state index contributed by atoms with van der Waals surface area (Å²) in [6.07, 6.45) is 0.376. The SMILES string of the molecule is C[C@@H]1CN(CC(=O)N(CCC(N)=O)c2ccccc2)C[C@@H](C)O1. The first-order valence-corrected chi connectivity index (χ1v) is 7.97. The number of ether oxygens (including phenoxy) is 1. The van der Waals surface area contributed by atoms with Crippen LogP contribution in [-0.4, -0.2) is 55.1 Å². The minimum absolute atomic E-state index is 0.0289. The van der Waals surface area contributed by atoms with Gasteiger partial charge in [-0.05, 0) is 26.0 Å². The molecule has 0 bridgehead atoms. The number of primary amides is 1. The van der Waals surface area contributed by atoms with Crippen molar-refractivity contribution in [3.05, 3.63) is 30.3 Å². The molecule has 0 unspecified atom stereocenters. The molecule has 1 saturated heterocycles. The Labute approximate surface area is 137 Å². The van der Waals surface area contributed by atoms with Crippen molar-refractivity contribution in [3.63, 3.8) is 0 Å². The van der Waals surface area contributed by atoms with Crippen LogP contribution in [0.1, 0.15) is 20.3 Å². The van der Waals surface area contributed by atoms with Crippen molar-refractivity contribution < 1.29 is 14.3 Å². The van der Waals surface area contributed by atoms with E-state index in [1.165, 1.54) is 0 Å². The lowest BCUT2D eigenvalue weighted by atomic mass is 10.2. The first-order valence-electron chi connectivity index (χ1n) is 7.97. The summed E-state index contributed by atoms with van der Waals surface area (Å²) in [5.74, 6) is -0.439. The molecule has 1 aliphatic heterocycles. The summed E-state index contributed by atoms with van der Waals surface area (Å²) in [5, 5.41) is 0. The number of nitrogens with two attached hydrogens (primary N) is 1. The Hall–Kier alpha value is -1.92. The van der Waals surface area contributed by atoms with Crippen LogP contribution in [-0.2, 0) is 14.3 Å². The number of para-hydroxylation sites is 1. The van der Waals surface area contributed by atoms with Gasteiger partial charge in [0.2, 0.25) is 11.8 Å². The third kappa shape index (κ3) is 5.33. The Kier molecular flexibility index (Phi) is 6.12. The fourth-order valence-corrected chi connectivity index (χ4v) is 2.92. The van der Waals surface area contributed by atoms with E-state index in [4.69, 9.17) is 10.5 Å². The summed E-state index contributed by atoms with van der Waals surface area (Å²) >= 11 is 0. The molecule has 2 atom stereocenters. The molecule has 1 fully saturated rings. The summed E-state index contributed by atoms with van der Waals surface area (Å²) in [6, 6.07) is 9.37. The van der Waals surface area contributed by atoms with Crippen molar-refractivity contribution in [2.24, 2.45) is 5.73 Å². The van der Waals surface area contributed by atoms with Crippen LogP contribution in [0.4, 0.5) is 5.69 Å². The Morgan fingerprint density at radius 1 is 1.22 bits per heavy atom. The summed E-state index contributed by atoms with van der Waals surface area (Å²) < 4.78 is 5.69. The molecule has 0 radical (unpaired) electrons. The fourth-order valence-electron chi connectivity index (χ4n) is 2.92. The molecule has 6 nitrogen and oxygen atoms in total. The number of morpholine rings is 1. The monoisotopic (exact) mass is 319 g/mol. The number of carbonyl (C=O) groups is 2. The largest absolute Gasteiger partial charge is 0.373 e. The van der Waals surface area contributed by atoms with Gasteiger partial charge in [-0.1, -0.05) is 18.2 Å². The molecule has 2 N–H and O–H groups in total. The molecule has 2 rings (SSSR count). The van der Waals surface area contributed by atoms with Crippen molar-refractivity contribution >= 4 is 17.5 Å². The predicted molar refractivity (Wildman–Crippen MR) is 89.1 cm³/mol. The number of amides is 2. The molecule has 0 aliphatic carbocycles. The van der Waals surface area contributed by atoms with Gasteiger partial charge in [0.25, 0.3) is 0 Å². The van der Waals surface area contributed by atoms with E-state index in [9.17, 15) is 9.59 Å². The highest BCUT2D eigenvalue weighted by Gasteiger charge is 2.26. The van der Waals surface area contributed by atoms with E-state index < -0.39 is 5.91 Å². The Morgan fingerprint density at radius 2 is 1.83 bits per heavy atom. The van der Waals surface area contributed by atoms with E-state index in [0.29, 0.717) is 13.1 Å². The second-order valence-electron chi connectivity index (χ2n) is 6.05. The Balaban J connectivity index is 2.05. The molecule has 1 heterocycles. The number of rotatable bonds is 6. The third-order valence-corrected chi connectivity index (χ3v) is 3.80. The fraction of sp³-hybridized carbons (Fsp3) is 0.529. The molecule has 0 saturated carbocycles. The standard InChI is InChI=1S/C17H25N3O3/c1-13-10-19(11-14(2)23-13)12-17(22)20(9-8-16(18)21)15-6-4-3-5-7-15/h3-7,13-14H,8-12H2,1-2H3,(H2,18,21)/t13-,14-/m1/s1. The van der Waals surface area contributed by atoms with Gasteiger partial charge in [-0.3, -0.25) is 14.5 Å². The highest BCUT2D eigenvalue weighted by molar-refractivity contribution is 5.95. The van der Waals surface area contributed by atoms with Crippen molar-refractivity contribution in [2.45, 2.75) is 32.5 Å². The first kappa shape index (κ1) is 17.4. The lowest BCUT2D eigenvalue weighted by molar-refractivity contribution is -0.123. The van der Waals surface area contributed by atoms with Gasteiger partial charge in [0.05, 0.1) is 18.8 Å². The smallest absolute Gasteiger partial charge is 0.241 e. The number of carbonyl (C=O) groups excluding carboxylic acids is 2. The zero-order chi connectivity index (χ0) is 16.8. The topological polar surface area (TPSA) is 75.9 Å². The number of hydrogen-bond acceptors (Lipinski definition) is 4. The zero-order valence-corrected chi connectivity index (χ0v) is 13.8. The van der Waals surface area contributed by atoms with Gasteiger partial charge in [-0.2, -0.15) is 0 Å². The highest BCUT2D eigenvalue weighted by atomic mass is 16.5. The maximum absolute atomic E-state index is 12.7. The summed E-state index contributed by atoms with van der Waals surface area (Å²) in [7, 11) is 0. The molecular formula is C17H25N3O3. The number of nitrogens with zero attached hydrogens (tertiary/aromatic N) is 2. The van der Waals surface area contributed by atoms with Crippen LogP contribution in [0.15, 0.2) is 30.3 Å². The molecule has 1 aromatic rings. The molecule has 0 aromatic heterocycles. The predicted octanol–water partition coefficient (Wildman–Crippen LogP) is 1.00. The van der Waals surface area contributed by atoms with Gasteiger partial charge < -0.3 is 15.4 Å². The molecule has 126 valence electrons. The molecular weight excluding hydrogens is 294 g/mol. The van der Waals surface area contributed by atoms with Crippen molar-refractivity contribution in [1.29, 1.82) is 0 Å². The lowest BCUT2D eigenvalue weighted by Gasteiger charge is -2.36. The molecule has 23 heavy (non-hydrogen) atoms. The third-order valence-electron chi connectivity index (χ3n) is 3.80. The Bertz CT molecular complexity index is 525. The molecule has 6 heteroatoms. The van der Waals surface area contributed by atoms with Gasteiger partial charge in [0, 0.05) is 31.7 Å². The molecule has 2 amide bonds. The average molecular weight is 319 g/mol. The minimum Gasteiger partial charge on any atom is -0.373 e. The van der Waals surface area contributed by atoms with E-state index in [1.54, 1.807) is 4.90 Å². The van der Waals surface area contributed by atoms with Crippen molar-refractivity contribution in [1.82, 2.24) is 4.90 Å². The van der Waals surface area contributed by atoms with Crippen LogP contribution < -0.4 is 10.6 Å². The second kappa shape index (κ2) is 8.08. The Morgan fingerprint density at radius 3 is 2.39 bits per heavy atom. The van der Waals surface area contributed by atoms with Crippen LogP contribution in [0.2, 0.25) is 0 Å². The minimum atomic E-state index is -0.410. The van der Waals surface area contributed by atoms with E-state index in [2.05, 4.69) is 4.90 Å². The normalized spacial score (nSPS) is 21.8. The maximum atomic E-state index is 12.7. The van der Waals surface area contributed by atoms with Gasteiger partial charge in [0.1, 0.15) is 0 Å². The van der Waals surface area contributed by atoms with Gasteiger partial charge in [-0.15, -0.1) is 0 Å². The lowest BCUT2D eigenvalue weighted by Crippen LogP contribution is -2.50. The number of anilines is 1. The van der Waals surface area contributed by atoms with Crippen LogP contribution in [0.5, 0.6) is 0 Å². The second-order valence-corrected chi connectivity index (χ2v) is 6.05. The quantitative estimate of drug-likeness (QED) is 0.849. The number of hydrogen-bond donors (Lipinski definition) is 1. The highest BCUT2D eigenvalue weighted by Crippen LogP contribution is 2.16. The van der Waals surface area contributed by atoms with E-state index in [0.717, 1.165) is 18.8 Å². The molecule has 1 aromatic carbocycles. The van der Waals surface area contributed by atoms with Crippen LogP contribution >= 0.6 is 0 Å². The first-order chi connectivity index (χ1) is 11.0. The van der Waals surface area contributed by atoms with Gasteiger partial charge in [0.15, 0.2) is 0 Å².